The zero-order valence-electron chi connectivity index (χ0n) is 12.9. The minimum atomic E-state index is -0.732. The monoisotopic (exact) mass is 321 g/mol. The number of nitrogen functional groups attached to an aromatic ring is 1. The van der Waals surface area contributed by atoms with E-state index in [1.54, 1.807) is 6.26 Å². The molecule has 5 atom stereocenters. The van der Waals surface area contributed by atoms with Crippen LogP contribution >= 0.6 is 0 Å². The van der Waals surface area contributed by atoms with E-state index in [9.17, 15) is 5.11 Å². The predicted molar refractivity (Wildman–Crippen MR) is 79.4 cm³/mol. The summed E-state index contributed by atoms with van der Waals surface area (Å²) in [4.78, 5) is 8.18. The molecule has 2 aliphatic rings. The Labute approximate surface area is 132 Å². The number of aromatic nitrogens is 2. The van der Waals surface area contributed by atoms with Gasteiger partial charge in [-0.15, -0.1) is 0 Å². The van der Waals surface area contributed by atoms with Crippen molar-refractivity contribution in [3.8, 4) is 0 Å². The number of hydrogen-bond donors (Lipinski definition) is 2. The maximum atomic E-state index is 9.63. The fourth-order valence-corrected chi connectivity index (χ4v) is 3.50. The number of aliphatic hydroxyl groups excluding tert-OH is 1. The van der Waals surface area contributed by atoms with Gasteiger partial charge in [0.05, 0.1) is 12.9 Å². The van der Waals surface area contributed by atoms with Crippen LogP contribution in [0.2, 0.25) is 0 Å². The summed E-state index contributed by atoms with van der Waals surface area (Å²) in [6.07, 6.45) is 2.05. The van der Waals surface area contributed by atoms with Crippen LogP contribution in [0.4, 0.5) is 5.82 Å². The van der Waals surface area contributed by atoms with Crippen molar-refractivity contribution < 1.29 is 23.7 Å². The van der Waals surface area contributed by atoms with Gasteiger partial charge in [0.1, 0.15) is 35.8 Å². The van der Waals surface area contributed by atoms with Crippen molar-refractivity contribution in [3.63, 3.8) is 0 Å². The summed E-state index contributed by atoms with van der Waals surface area (Å²) in [5.74, 6) is 0.273. The average molecular weight is 321 g/mol. The van der Waals surface area contributed by atoms with E-state index >= 15 is 0 Å². The van der Waals surface area contributed by atoms with E-state index in [1.165, 1.54) is 6.33 Å². The predicted octanol–water partition coefficient (Wildman–Crippen LogP) is 1.15. The van der Waals surface area contributed by atoms with Crippen LogP contribution in [0.3, 0.4) is 0 Å². The first-order chi connectivity index (χ1) is 11.1. The zero-order chi connectivity index (χ0) is 16.2. The summed E-state index contributed by atoms with van der Waals surface area (Å²) in [5, 5.41) is 9.63. The smallest absolute Gasteiger partial charge is 0.194 e. The molecule has 0 amide bonds. The van der Waals surface area contributed by atoms with Gasteiger partial charge < -0.3 is 29.5 Å². The largest absolute Gasteiger partial charge is 0.458 e. The lowest BCUT2D eigenvalue weighted by Gasteiger charge is -2.26. The van der Waals surface area contributed by atoms with Crippen molar-refractivity contribution in [3.05, 3.63) is 18.2 Å². The molecule has 4 heterocycles. The maximum absolute atomic E-state index is 9.63. The lowest BCUT2D eigenvalue weighted by atomic mass is 9.89. The first kappa shape index (κ1) is 14.8. The van der Waals surface area contributed by atoms with Crippen molar-refractivity contribution >= 4 is 16.9 Å². The van der Waals surface area contributed by atoms with Crippen LogP contribution in [0.1, 0.15) is 31.9 Å². The van der Waals surface area contributed by atoms with Crippen LogP contribution in [0, 0.1) is 0 Å². The number of furan rings is 1. The fraction of sp³-hybridized carbons (Fsp3) is 0.600. The number of ether oxygens (including phenoxy) is 3. The van der Waals surface area contributed by atoms with E-state index in [0.29, 0.717) is 11.1 Å². The highest BCUT2D eigenvalue weighted by Gasteiger charge is 2.61. The van der Waals surface area contributed by atoms with Crippen molar-refractivity contribution in [2.24, 2.45) is 0 Å². The molecule has 8 heteroatoms. The van der Waals surface area contributed by atoms with Gasteiger partial charge in [0.25, 0.3) is 0 Å². The van der Waals surface area contributed by atoms with Crippen LogP contribution in [0.5, 0.6) is 0 Å². The molecule has 2 aliphatic heterocycles. The molecular formula is C15H19N3O5. The minimum absolute atomic E-state index is 0.149. The highest BCUT2D eigenvalue weighted by Crippen LogP contribution is 2.51. The number of rotatable bonds is 3. The molecule has 2 aromatic rings. The minimum Gasteiger partial charge on any atom is -0.458 e. The van der Waals surface area contributed by atoms with Gasteiger partial charge in [-0.1, -0.05) is 6.92 Å². The van der Waals surface area contributed by atoms with Gasteiger partial charge in [-0.05, 0) is 13.3 Å². The lowest BCUT2D eigenvalue weighted by Crippen LogP contribution is -2.40. The molecule has 1 unspecified atom stereocenters. The van der Waals surface area contributed by atoms with Crippen LogP contribution in [0.25, 0.3) is 11.1 Å². The molecule has 3 N–H and O–H groups in total. The molecule has 4 rings (SSSR count). The molecule has 0 radical (unpaired) electrons. The molecule has 0 bridgehead atoms. The Morgan fingerprint density at radius 2 is 2.17 bits per heavy atom. The van der Waals surface area contributed by atoms with Crippen LogP contribution in [0.15, 0.2) is 17.0 Å². The third-order valence-electron chi connectivity index (χ3n) is 4.62. The summed E-state index contributed by atoms with van der Waals surface area (Å²) in [6.45, 7) is 3.76. The fourth-order valence-electron chi connectivity index (χ4n) is 3.50. The first-order valence-electron chi connectivity index (χ1n) is 7.65. The topological polar surface area (TPSA) is 113 Å². The normalized spacial score (nSPS) is 36.7. The van der Waals surface area contributed by atoms with Crippen molar-refractivity contribution in [1.82, 2.24) is 9.97 Å². The Morgan fingerprint density at radius 1 is 1.35 bits per heavy atom. The molecule has 0 spiro atoms. The number of nitrogens with zero attached hydrogens (tertiary/aromatic N) is 2. The van der Waals surface area contributed by atoms with Gasteiger partial charge in [0.2, 0.25) is 0 Å². The Bertz CT molecular complexity index is 735. The van der Waals surface area contributed by atoms with Gasteiger partial charge in [-0.25, -0.2) is 9.97 Å². The second-order valence-corrected chi connectivity index (χ2v) is 6.06. The molecule has 0 aromatic carbocycles. The summed E-state index contributed by atoms with van der Waals surface area (Å²) < 4.78 is 23.5. The van der Waals surface area contributed by atoms with E-state index in [4.69, 9.17) is 24.4 Å². The Kier molecular flexibility index (Phi) is 3.31. The number of nitrogens with two attached hydrogens (primary N) is 1. The van der Waals surface area contributed by atoms with Crippen molar-refractivity contribution in [1.29, 1.82) is 0 Å². The highest BCUT2D eigenvalue weighted by atomic mass is 16.8. The van der Waals surface area contributed by atoms with E-state index in [1.807, 2.05) is 13.8 Å². The SMILES string of the molecule is CCC1O[C@@H]2[C@@H](CO)O[C@@H](c3coc4c(N)ncnc34)[C@]2(C)O1. The van der Waals surface area contributed by atoms with Crippen LogP contribution < -0.4 is 5.73 Å². The van der Waals surface area contributed by atoms with Gasteiger partial charge in [-0.3, -0.25) is 0 Å². The molecule has 0 saturated carbocycles. The molecule has 2 aromatic heterocycles. The summed E-state index contributed by atoms with van der Waals surface area (Å²) >= 11 is 0. The van der Waals surface area contributed by atoms with E-state index in [2.05, 4.69) is 9.97 Å². The van der Waals surface area contributed by atoms with Gasteiger partial charge >= 0.3 is 0 Å². The Morgan fingerprint density at radius 3 is 2.91 bits per heavy atom. The van der Waals surface area contributed by atoms with Gasteiger partial charge in [-0.2, -0.15) is 0 Å². The lowest BCUT2D eigenvalue weighted by molar-refractivity contribution is -0.155. The van der Waals surface area contributed by atoms with Crippen LogP contribution in [-0.2, 0) is 14.2 Å². The van der Waals surface area contributed by atoms with E-state index in [-0.39, 0.29) is 24.8 Å². The van der Waals surface area contributed by atoms with Gasteiger partial charge in [0.15, 0.2) is 17.7 Å². The number of anilines is 1. The standard InChI is InChI=1S/C15H19N3O5/c1-3-9-22-13-8(4-19)21-12(15(13,2)23-9)7-5-20-11-10(7)17-6-18-14(11)16/h5-6,8-9,12-13,19H,3-4H2,1-2H3,(H2,16,17,18)/t8-,9?,12+,13-,15+/m1/s1. The molecule has 23 heavy (non-hydrogen) atoms. The van der Waals surface area contributed by atoms with Crippen molar-refractivity contribution in [2.45, 2.75) is 50.5 Å². The molecular weight excluding hydrogens is 302 g/mol. The third-order valence-corrected chi connectivity index (χ3v) is 4.62. The number of aliphatic hydroxyl groups is 1. The quantitative estimate of drug-likeness (QED) is 0.865. The average Bonchev–Trinajstić information content (AvgIpc) is 3.17. The first-order valence-corrected chi connectivity index (χ1v) is 7.65. The second-order valence-electron chi connectivity index (χ2n) is 6.06. The zero-order valence-corrected chi connectivity index (χ0v) is 12.9. The molecule has 8 nitrogen and oxygen atoms in total. The van der Waals surface area contributed by atoms with E-state index < -0.39 is 17.8 Å². The molecule has 0 aliphatic carbocycles. The third kappa shape index (κ3) is 1.99. The Hall–Kier alpha value is -1.74. The maximum Gasteiger partial charge on any atom is 0.194 e. The van der Waals surface area contributed by atoms with Crippen molar-refractivity contribution in [2.75, 3.05) is 12.3 Å². The Balaban J connectivity index is 1.80. The molecule has 2 fully saturated rings. The van der Waals surface area contributed by atoms with Gasteiger partial charge in [0, 0.05) is 5.56 Å². The second kappa shape index (κ2) is 5.13. The van der Waals surface area contributed by atoms with Crippen LogP contribution in [-0.4, -0.2) is 45.8 Å². The number of fused-ring (bicyclic) bond motifs is 2. The molecule has 124 valence electrons. The summed E-state index contributed by atoms with van der Waals surface area (Å²) in [5.41, 5.74) is 6.82. The summed E-state index contributed by atoms with van der Waals surface area (Å²) in [7, 11) is 0. The van der Waals surface area contributed by atoms with E-state index in [0.717, 1.165) is 12.0 Å². The summed E-state index contributed by atoms with van der Waals surface area (Å²) in [6, 6.07) is 0. The molecule has 2 saturated heterocycles. The highest BCUT2D eigenvalue weighted by molar-refractivity contribution is 5.85. The number of hydrogen-bond acceptors (Lipinski definition) is 8.